The van der Waals surface area contributed by atoms with Crippen LogP contribution in [0.15, 0.2) is 21.2 Å². The fraction of sp³-hybridized carbons (Fsp3) is 0.583. The van der Waals surface area contributed by atoms with Gasteiger partial charge in [0.05, 0.1) is 6.10 Å². The molecule has 0 aliphatic carbocycles. The predicted octanol–water partition coefficient (Wildman–Crippen LogP) is 2.68. The predicted molar refractivity (Wildman–Crippen MR) is 67.0 cm³/mol. The first kappa shape index (κ1) is 12.6. The third-order valence-corrected chi connectivity index (χ3v) is 3.28. The van der Waals surface area contributed by atoms with Gasteiger partial charge in [-0.1, -0.05) is 0 Å². The van der Waals surface area contributed by atoms with Crippen LogP contribution in [0.25, 0.3) is 0 Å². The number of carbonyl (C=O) groups excluding carboxylic acids is 1. The molecule has 1 fully saturated rings. The molecule has 2 rings (SSSR count). The normalized spacial score (nSPS) is 20.6. The van der Waals surface area contributed by atoms with Crippen LogP contribution in [0, 0.1) is 0 Å². The first-order valence-electron chi connectivity index (χ1n) is 5.87. The van der Waals surface area contributed by atoms with Crippen LogP contribution in [0.4, 0.5) is 0 Å². The summed E-state index contributed by atoms with van der Waals surface area (Å²) in [6.07, 6.45) is 2.17. The average molecular weight is 302 g/mol. The quantitative estimate of drug-likeness (QED) is 0.862. The fourth-order valence-electron chi connectivity index (χ4n) is 2.08. The molecule has 0 bridgehead atoms. The summed E-state index contributed by atoms with van der Waals surface area (Å²) in [6, 6.07) is 3.42. The van der Waals surface area contributed by atoms with Crippen LogP contribution in [0.1, 0.15) is 30.3 Å². The Morgan fingerprint density at radius 3 is 3.12 bits per heavy atom. The van der Waals surface area contributed by atoms with Crippen LogP contribution in [0.2, 0.25) is 0 Å². The topological polar surface area (TPSA) is 42.7 Å². The molecular formula is C12H16BrNO3. The summed E-state index contributed by atoms with van der Waals surface area (Å²) in [5.41, 5.74) is 0. The largest absolute Gasteiger partial charge is 0.444 e. The van der Waals surface area contributed by atoms with E-state index in [0.29, 0.717) is 23.6 Å². The number of furan rings is 1. The molecule has 17 heavy (non-hydrogen) atoms. The molecule has 5 heteroatoms. The Balaban J connectivity index is 1.99. The first-order valence-corrected chi connectivity index (χ1v) is 6.66. The molecule has 0 spiro atoms. The molecule has 1 aromatic rings. The van der Waals surface area contributed by atoms with E-state index in [1.165, 1.54) is 0 Å². The Labute approximate surface area is 109 Å². The molecule has 94 valence electrons. The number of nitrogens with zero attached hydrogens (tertiary/aromatic N) is 1. The van der Waals surface area contributed by atoms with Crippen LogP contribution < -0.4 is 0 Å². The second-order valence-electron chi connectivity index (χ2n) is 4.07. The molecule has 4 nitrogen and oxygen atoms in total. The Morgan fingerprint density at radius 2 is 2.47 bits per heavy atom. The third-order valence-electron chi connectivity index (χ3n) is 2.85. The maximum atomic E-state index is 12.1. The lowest BCUT2D eigenvalue weighted by Crippen LogP contribution is -2.43. The summed E-state index contributed by atoms with van der Waals surface area (Å²) < 4.78 is 11.4. The summed E-state index contributed by atoms with van der Waals surface area (Å²) in [6.45, 7) is 4.11. The Kier molecular flexibility index (Phi) is 4.23. The van der Waals surface area contributed by atoms with Crippen molar-refractivity contribution < 1.29 is 13.9 Å². The van der Waals surface area contributed by atoms with Crippen LogP contribution in [0.3, 0.4) is 0 Å². The summed E-state index contributed by atoms with van der Waals surface area (Å²) in [4.78, 5) is 13.9. The van der Waals surface area contributed by atoms with Gasteiger partial charge < -0.3 is 14.1 Å². The minimum Gasteiger partial charge on any atom is -0.444 e. The number of hydrogen-bond donors (Lipinski definition) is 0. The SMILES string of the molecule is CCOC1CCCN(C(=O)c2ccc(Br)o2)C1. The summed E-state index contributed by atoms with van der Waals surface area (Å²) in [7, 11) is 0. The average Bonchev–Trinajstić information content (AvgIpc) is 2.76. The van der Waals surface area contributed by atoms with E-state index in [0.717, 1.165) is 19.4 Å². The molecule has 1 amide bonds. The highest BCUT2D eigenvalue weighted by Crippen LogP contribution is 2.19. The monoisotopic (exact) mass is 301 g/mol. The van der Waals surface area contributed by atoms with Crippen LogP contribution in [-0.4, -0.2) is 36.6 Å². The van der Waals surface area contributed by atoms with Crippen molar-refractivity contribution in [3.05, 3.63) is 22.6 Å². The Hall–Kier alpha value is -0.810. The number of amides is 1. The highest BCUT2D eigenvalue weighted by atomic mass is 79.9. The maximum Gasteiger partial charge on any atom is 0.289 e. The van der Waals surface area contributed by atoms with Crippen molar-refractivity contribution in [2.45, 2.75) is 25.9 Å². The molecule has 2 heterocycles. The van der Waals surface area contributed by atoms with E-state index in [4.69, 9.17) is 9.15 Å². The number of halogens is 1. The van der Waals surface area contributed by atoms with Gasteiger partial charge in [-0.15, -0.1) is 0 Å². The van der Waals surface area contributed by atoms with Crippen molar-refractivity contribution >= 4 is 21.8 Å². The molecule has 0 N–H and O–H groups in total. The zero-order valence-corrected chi connectivity index (χ0v) is 11.4. The molecule has 0 aromatic carbocycles. The van der Waals surface area contributed by atoms with E-state index < -0.39 is 0 Å². The molecular weight excluding hydrogens is 286 g/mol. The smallest absolute Gasteiger partial charge is 0.289 e. The number of piperidine rings is 1. The van der Waals surface area contributed by atoms with E-state index in [1.807, 2.05) is 6.92 Å². The second kappa shape index (κ2) is 5.69. The molecule has 1 saturated heterocycles. The minimum atomic E-state index is -0.0555. The third kappa shape index (κ3) is 3.10. The summed E-state index contributed by atoms with van der Waals surface area (Å²) in [5, 5.41) is 0. The highest BCUT2D eigenvalue weighted by molar-refractivity contribution is 9.10. The highest BCUT2D eigenvalue weighted by Gasteiger charge is 2.26. The van der Waals surface area contributed by atoms with E-state index in [-0.39, 0.29) is 12.0 Å². The number of rotatable bonds is 3. The van der Waals surface area contributed by atoms with E-state index in [9.17, 15) is 4.79 Å². The molecule has 0 saturated carbocycles. The van der Waals surface area contributed by atoms with Gasteiger partial charge in [-0.05, 0) is 47.8 Å². The van der Waals surface area contributed by atoms with Crippen LogP contribution in [0.5, 0.6) is 0 Å². The summed E-state index contributed by atoms with van der Waals surface area (Å²) >= 11 is 3.20. The second-order valence-corrected chi connectivity index (χ2v) is 4.86. The number of carbonyl (C=O) groups is 1. The number of likely N-dealkylation sites (tertiary alicyclic amines) is 1. The lowest BCUT2D eigenvalue weighted by Gasteiger charge is -2.31. The van der Waals surface area contributed by atoms with Crippen molar-refractivity contribution in [1.82, 2.24) is 4.90 Å². The van der Waals surface area contributed by atoms with E-state index in [1.54, 1.807) is 17.0 Å². The van der Waals surface area contributed by atoms with Gasteiger partial charge in [0.25, 0.3) is 5.91 Å². The molecule has 0 radical (unpaired) electrons. The van der Waals surface area contributed by atoms with Gasteiger partial charge in [0.1, 0.15) is 0 Å². The molecule has 1 aliphatic heterocycles. The Bertz CT molecular complexity index is 389. The van der Waals surface area contributed by atoms with Gasteiger partial charge in [-0.2, -0.15) is 0 Å². The Morgan fingerprint density at radius 1 is 1.65 bits per heavy atom. The van der Waals surface area contributed by atoms with Crippen molar-refractivity contribution in [1.29, 1.82) is 0 Å². The zero-order chi connectivity index (χ0) is 12.3. The van der Waals surface area contributed by atoms with Gasteiger partial charge in [0.2, 0.25) is 0 Å². The van der Waals surface area contributed by atoms with Gasteiger partial charge in [0.15, 0.2) is 10.4 Å². The molecule has 1 unspecified atom stereocenters. The van der Waals surface area contributed by atoms with Crippen molar-refractivity contribution in [2.75, 3.05) is 19.7 Å². The standard InChI is InChI=1S/C12H16BrNO3/c1-2-16-9-4-3-7-14(8-9)12(15)10-5-6-11(13)17-10/h5-6,9H,2-4,7-8H2,1H3. The lowest BCUT2D eigenvalue weighted by atomic mass is 10.1. The van der Waals surface area contributed by atoms with Gasteiger partial charge in [-0.3, -0.25) is 4.79 Å². The number of hydrogen-bond acceptors (Lipinski definition) is 3. The fourth-order valence-corrected chi connectivity index (χ4v) is 2.39. The van der Waals surface area contributed by atoms with E-state index >= 15 is 0 Å². The van der Waals surface area contributed by atoms with Gasteiger partial charge in [-0.25, -0.2) is 0 Å². The first-order chi connectivity index (χ1) is 8.20. The summed E-state index contributed by atoms with van der Waals surface area (Å²) in [5.74, 6) is 0.328. The molecule has 1 aromatic heterocycles. The van der Waals surface area contributed by atoms with Crippen molar-refractivity contribution in [3.63, 3.8) is 0 Å². The number of ether oxygens (including phenoxy) is 1. The van der Waals surface area contributed by atoms with Crippen LogP contribution >= 0.6 is 15.9 Å². The van der Waals surface area contributed by atoms with Gasteiger partial charge >= 0.3 is 0 Å². The van der Waals surface area contributed by atoms with Crippen molar-refractivity contribution in [2.24, 2.45) is 0 Å². The zero-order valence-electron chi connectivity index (χ0n) is 9.82. The van der Waals surface area contributed by atoms with Gasteiger partial charge in [0, 0.05) is 19.7 Å². The molecule has 1 atom stereocenters. The molecule has 1 aliphatic rings. The van der Waals surface area contributed by atoms with Crippen LogP contribution in [-0.2, 0) is 4.74 Å². The lowest BCUT2D eigenvalue weighted by molar-refractivity contribution is 0.00613. The van der Waals surface area contributed by atoms with Crippen molar-refractivity contribution in [3.8, 4) is 0 Å². The van der Waals surface area contributed by atoms with E-state index in [2.05, 4.69) is 15.9 Å². The minimum absolute atomic E-state index is 0.0555. The maximum absolute atomic E-state index is 12.1.